The maximum Gasteiger partial charge on any atom is 0.241 e. The second-order valence-corrected chi connectivity index (χ2v) is 7.71. The van der Waals surface area contributed by atoms with E-state index in [0.717, 1.165) is 37.8 Å². The SMILES string of the molecule is COCCCNC(=O)C1CCC(CN2C(=O)C3C=CC=CC3=NC2=S)CC1. The highest BCUT2D eigenvalue weighted by molar-refractivity contribution is 7.80. The van der Waals surface area contributed by atoms with Crippen LogP contribution in [0.2, 0.25) is 0 Å². The molecule has 0 radical (unpaired) electrons. The molecule has 1 unspecified atom stereocenters. The van der Waals surface area contributed by atoms with Crippen molar-refractivity contribution in [1.29, 1.82) is 0 Å². The standard InChI is InChI=1S/C20H27N3O3S/c1-26-12-4-11-21-18(24)15-9-7-14(8-10-15)13-23-19(25)16-5-2-3-6-17(16)22-20(23)27/h2-3,5-6,14-16H,4,7-13H2,1H3,(H,21,24). The molecule has 1 fully saturated rings. The van der Waals surface area contributed by atoms with E-state index < -0.39 is 0 Å². The molecule has 1 N–H and O–H groups in total. The number of hydrogen-bond acceptors (Lipinski definition) is 4. The minimum absolute atomic E-state index is 0.0172. The zero-order valence-electron chi connectivity index (χ0n) is 15.7. The van der Waals surface area contributed by atoms with Gasteiger partial charge in [0.05, 0.1) is 11.6 Å². The van der Waals surface area contributed by atoms with Gasteiger partial charge in [0.15, 0.2) is 0 Å². The first-order valence-electron chi connectivity index (χ1n) is 9.65. The molecule has 7 heteroatoms. The largest absolute Gasteiger partial charge is 0.385 e. The van der Waals surface area contributed by atoms with Crippen LogP contribution in [0.15, 0.2) is 29.3 Å². The number of methoxy groups -OCH3 is 1. The molecular weight excluding hydrogens is 362 g/mol. The third-order valence-corrected chi connectivity index (χ3v) is 5.78. The molecule has 3 rings (SSSR count). The van der Waals surface area contributed by atoms with E-state index in [0.29, 0.717) is 30.7 Å². The molecule has 0 aromatic rings. The zero-order valence-corrected chi connectivity index (χ0v) is 16.5. The Bertz CT molecular complexity index is 678. The molecule has 0 bridgehead atoms. The third kappa shape index (κ3) is 4.90. The van der Waals surface area contributed by atoms with Gasteiger partial charge in [0.25, 0.3) is 0 Å². The molecule has 0 aromatic heterocycles. The number of hydrogen-bond donors (Lipinski definition) is 1. The van der Waals surface area contributed by atoms with Crippen LogP contribution in [0.5, 0.6) is 0 Å². The number of nitrogens with one attached hydrogen (secondary N) is 1. The summed E-state index contributed by atoms with van der Waals surface area (Å²) in [6.07, 6.45) is 11.9. The van der Waals surface area contributed by atoms with Crippen molar-refractivity contribution < 1.29 is 14.3 Å². The first-order chi connectivity index (χ1) is 13.1. The van der Waals surface area contributed by atoms with Crippen LogP contribution in [-0.4, -0.2) is 54.3 Å². The summed E-state index contributed by atoms with van der Waals surface area (Å²) in [5, 5.41) is 3.36. The summed E-state index contributed by atoms with van der Waals surface area (Å²) >= 11 is 5.36. The lowest BCUT2D eigenvalue weighted by Gasteiger charge is -2.35. The number of rotatable bonds is 7. The van der Waals surface area contributed by atoms with Gasteiger partial charge in [0, 0.05) is 32.7 Å². The zero-order chi connectivity index (χ0) is 19.2. The lowest BCUT2D eigenvalue weighted by atomic mass is 9.81. The van der Waals surface area contributed by atoms with Gasteiger partial charge in [0.2, 0.25) is 16.9 Å². The molecule has 27 heavy (non-hydrogen) atoms. The Hall–Kier alpha value is -1.86. The number of carbonyl (C=O) groups excluding carboxylic acids is 2. The molecule has 1 saturated carbocycles. The molecule has 146 valence electrons. The predicted octanol–water partition coefficient (Wildman–Crippen LogP) is 2.26. The van der Waals surface area contributed by atoms with E-state index in [4.69, 9.17) is 17.0 Å². The van der Waals surface area contributed by atoms with E-state index in [9.17, 15) is 9.59 Å². The topological polar surface area (TPSA) is 71.0 Å². The number of nitrogens with zero attached hydrogens (tertiary/aromatic N) is 2. The number of fused-ring (bicyclic) bond motifs is 1. The van der Waals surface area contributed by atoms with Gasteiger partial charge in [-0.3, -0.25) is 14.5 Å². The van der Waals surface area contributed by atoms with Crippen molar-refractivity contribution >= 4 is 34.9 Å². The van der Waals surface area contributed by atoms with Crippen molar-refractivity contribution in [2.75, 3.05) is 26.8 Å². The molecule has 0 saturated heterocycles. The number of ether oxygens (including phenoxy) is 1. The Labute approximate surface area is 165 Å². The quantitative estimate of drug-likeness (QED) is 0.536. The van der Waals surface area contributed by atoms with Crippen molar-refractivity contribution in [1.82, 2.24) is 10.2 Å². The van der Waals surface area contributed by atoms with Crippen LogP contribution in [0.1, 0.15) is 32.1 Å². The summed E-state index contributed by atoms with van der Waals surface area (Å²) in [6, 6.07) is 0. The minimum Gasteiger partial charge on any atom is -0.385 e. The third-order valence-electron chi connectivity index (χ3n) is 5.47. The second-order valence-electron chi connectivity index (χ2n) is 7.34. The monoisotopic (exact) mass is 389 g/mol. The number of aliphatic imine (C=N–C) groups is 1. The van der Waals surface area contributed by atoms with Crippen molar-refractivity contribution in [3.05, 3.63) is 24.3 Å². The van der Waals surface area contributed by atoms with Gasteiger partial charge < -0.3 is 10.1 Å². The van der Waals surface area contributed by atoms with Crippen LogP contribution in [-0.2, 0) is 14.3 Å². The average molecular weight is 390 g/mol. The lowest BCUT2D eigenvalue weighted by Crippen LogP contribution is -2.48. The van der Waals surface area contributed by atoms with Gasteiger partial charge in [0.1, 0.15) is 0 Å². The summed E-state index contributed by atoms with van der Waals surface area (Å²) in [5.74, 6) is 0.287. The summed E-state index contributed by atoms with van der Waals surface area (Å²) in [6.45, 7) is 1.92. The van der Waals surface area contributed by atoms with Gasteiger partial charge in [-0.2, -0.15) is 0 Å². The first kappa shape index (κ1) is 19.9. The molecule has 0 spiro atoms. The first-order valence-corrected chi connectivity index (χ1v) is 10.1. The second kappa shape index (κ2) is 9.37. The van der Waals surface area contributed by atoms with Crippen LogP contribution in [0.25, 0.3) is 0 Å². The number of carbonyl (C=O) groups is 2. The molecular formula is C20H27N3O3S. The van der Waals surface area contributed by atoms with Gasteiger partial charge in [-0.25, -0.2) is 4.99 Å². The highest BCUT2D eigenvalue weighted by Gasteiger charge is 2.36. The number of thiocarbonyl (C=S) groups is 1. The smallest absolute Gasteiger partial charge is 0.241 e. The molecule has 6 nitrogen and oxygen atoms in total. The lowest BCUT2D eigenvalue weighted by molar-refractivity contribution is -0.130. The van der Waals surface area contributed by atoms with Crippen LogP contribution in [0.3, 0.4) is 0 Å². The highest BCUT2D eigenvalue weighted by atomic mass is 32.1. The van der Waals surface area contributed by atoms with Gasteiger partial charge in [-0.15, -0.1) is 0 Å². The van der Waals surface area contributed by atoms with Crippen LogP contribution >= 0.6 is 12.2 Å². The maximum absolute atomic E-state index is 12.8. The van der Waals surface area contributed by atoms with Crippen LogP contribution in [0, 0.1) is 17.8 Å². The normalized spacial score (nSPS) is 27.4. The van der Waals surface area contributed by atoms with Crippen LogP contribution < -0.4 is 5.32 Å². The summed E-state index contributed by atoms with van der Waals surface area (Å²) in [4.78, 5) is 31.1. The van der Waals surface area contributed by atoms with Gasteiger partial charge >= 0.3 is 0 Å². The van der Waals surface area contributed by atoms with E-state index in [-0.39, 0.29) is 23.7 Å². The number of allylic oxidation sites excluding steroid dienone is 3. The van der Waals surface area contributed by atoms with E-state index in [1.165, 1.54) is 0 Å². The Morgan fingerprint density at radius 2 is 2.11 bits per heavy atom. The van der Waals surface area contributed by atoms with Gasteiger partial charge in [-0.1, -0.05) is 18.2 Å². The predicted molar refractivity (Wildman–Crippen MR) is 108 cm³/mol. The molecule has 2 aliphatic carbocycles. The summed E-state index contributed by atoms with van der Waals surface area (Å²) < 4.78 is 4.99. The van der Waals surface area contributed by atoms with Gasteiger partial charge in [-0.05, 0) is 56.3 Å². The van der Waals surface area contributed by atoms with Crippen molar-refractivity contribution in [2.45, 2.75) is 32.1 Å². The molecule has 1 heterocycles. The molecule has 1 atom stereocenters. The fraction of sp³-hybridized carbons (Fsp3) is 0.600. The van der Waals surface area contributed by atoms with E-state index in [1.54, 1.807) is 12.0 Å². The Morgan fingerprint density at radius 1 is 1.33 bits per heavy atom. The molecule has 0 aromatic carbocycles. The van der Waals surface area contributed by atoms with Crippen molar-refractivity contribution in [2.24, 2.45) is 22.7 Å². The fourth-order valence-corrected chi connectivity index (χ4v) is 4.16. The Morgan fingerprint density at radius 3 is 2.85 bits per heavy atom. The molecule has 3 aliphatic rings. The molecule has 2 amide bonds. The Balaban J connectivity index is 1.48. The highest BCUT2D eigenvalue weighted by Crippen LogP contribution is 2.31. The van der Waals surface area contributed by atoms with Crippen molar-refractivity contribution in [3.63, 3.8) is 0 Å². The van der Waals surface area contributed by atoms with E-state index in [2.05, 4.69) is 10.3 Å². The van der Waals surface area contributed by atoms with E-state index in [1.807, 2.05) is 24.3 Å². The van der Waals surface area contributed by atoms with Crippen molar-refractivity contribution in [3.8, 4) is 0 Å². The fourth-order valence-electron chi connectivity index (χ4n) is 3.89. The number of amides is 2. The maximum atomic E-state index is 12.8. The summed E-state index contributed by atoms with van der Waals surface area (Å²) in [5.41, 5.74) is 0.734. The average Bonchev–Trinajstić information content (AvgIpc) is 2.69. The minimum atomic E-state index is -0.309. The summed E-state index contributed by atoms with van der Waals surface area (Å²) in [7, 11) is 1.66. The van der Waals surface area contributed by atoms with E-state index >= 15 is 0 Å². The van der Waals surface area contributed by atoms with Crippen LogP contribution in [0.4, 0.5) is 0 Å². The Kier molecular flexibility index (Phi) is 6.90. The molecule has 1 aliphatic heterocycles.